The predicted molar refractivity (Wildman–Crippen MR) is 46.3 cm³/mol. The fourth-order valence-corrected chi connectivity index (χ4v) is 1.57. The first-order valence-corrected chi connectivity index (χ1v) is 5.56. The summed E-state index contributed by atoms with van der Waals surface area (Å²) in [6.07, 6.45) is -1.71. The van der Waals surface area contributed by atoms with Crippen LogP contribution in [0, 0.1) is 0 Å². The van der Waals surface area contributed by atoms with E-state index in [1.807, 2.05) is 0 Å². The summed E-state index contributed by atoms with van der Waals surface area (Å²) in [6.45, 7) is -0.133. The van der Waals surface area contributed by atoms with Gasteiger partial charge in [-0.15, -0.1) is 0 Å². The van der Waals surface area contributed by atoms with Crippen LogP contribution in [-0.2, 0) is 18.3 Å². The van der Waals surface area contributed by atoms with Gasteiger partial charge in [-0.2, -0.15) is 0 Å². The second-order valence-electron chi connectivity index (χ2n) is 2.97. The highest BCUT2D eigenvalue weighted by atomic mass is 31.2. The molecular weight excluding hydrogens is 213 g/mol. The van der Waals surface area contributed by atoms with Crippen LogP contribution < -0.4 is 5.73 Å². The molecule has 0 aromatic carbocycles. The number of hydrogen-bond donors (Lipinski definition) is 3. The minimum Gasteiger partial charge on any atom is -0.389 e. The van der Waals surface area contributed by atoms with Gasteiger partial charge in [0, 0.05) is 13.5 Å². The molecule has 1 aliphatic rings. The van der Waals surface area contributed by atoms with Crippen molar-refractivity contribution in [2.24, 2.45) is 5.73 Å². The number of aliphatic hydroxyl groups excluding tert-OH is 1. The average molecular weight is 227 g/mol. The first-order valence-electron chi connectivity index (χ1n) is 4.07. The summed E-state index contributed by atoms with van der Waals surface area (Å²) in [4.78, 5) is 8.88. The van der Waals surface area contributed by atoms with Gasteiger partial charge < -0.3 is 20.5 Å². The van der Waals surface area contributed by atoms with Gasteiger partial charge >= 0.3 is 7.82 Å². The number of phosphoric acid groups is 1. The Kier molecular flexibility index (Phi) is 4.03. The van der Waals surface area contributed by atoms with E-state index in [-0.39, 0.29) is 13.0 Å². The fraction of sp³-hybridized carbons (Fsp3) is 1.00. The molecule has 0 radical (unpaired) electrons. The Morgan fingerprint density at radius 2 is 2.36 bits per heavy atom. The zero-order valence-electron chi connectivity index (χ0n) is 7.70. The number of hydrogen-bond acceptors (Lipinski definition) is 6. The van der Waals surface area contributed by atoms with Crippen LogP contribution in [0.2, 0.25) is 0 Å². The summed E-state index contributed by atoms with van der Waals surface area (Å²) in [5.41, 5.74) is 5.35. The molecule has 3 unspecified atom stereocenters. The monoisotopic (exact) mass is 227 g/mol. The van der Waals surface area contributed by atoms with E-state index in [4.69, 9.17) is 15.4 Å². The van der Waals surface area contributed by atoms with Gasteiger partial charge in [-0.25, -0.2) is 4.57 Å². The largest absolute Gasteiger partial charge is 0.472 e. The number of ether oxygens (including phenoxy) is 1. The lowest BCUT2D eigenvalue weighted by molar-refractivity contribution is -0.00673. The van der Waals surface area contributed by atoms with Gasteiger partial charge in [-0.05, 0) is 0 Å². The molecule has 1 fully saturated rings. The molecular formula is C6H14NO6P. The van der Waals surface area contributed by atoms with Gasteiger partial charge in [0.2, 0.25) is 0 Å². The van der Waals surface area contributed by atoms with Gasteiger partial charge in [0.1, 0.15) is 6.23 Å². The van der Waals surface area contributed by atoms with Crippen LogP contribution in [0.25, 0.3) is 0 Å². The standard InChI is InChI=1S/C6H14NO6P/c1-11-14(9,10)12-3-4-2-5(8)6(7)13-4/h4-6,8H,2-3,7H2,1H3,(H,9,10)/t4?,5-,6?/m1/s1. The number of phosphoric ester groups is 1. The van der Waals surface area contributed by atoms with E-state index < -0.39 is 26.3 Å². The quantitative estimate of drug-likeness (QED) is 0.538. The highest BCUT2D eigenvalue weighted by Crippen LogP contribution is 2.42. The maximum absolute atomic E-state index is 10.9. The van der Waals surface area contributed by atoms with Crippen LogP contribution in [0.1, 0.15) is 6.42 Å². The molecule has 84 valence electrons. The van der Waals surface area contributed by atoms with Crippen LogP contribution in [0.3, 0.4) is 0 Å². The summed E-state index contributed by atoms with van der Waals surface area (Å²) < 4.78 is 24.6. The van der Waals surface area contributed by atoms with E-state index in [0.717, 1.165) is 7.11 Å². The van der Waals surface area contributed by atoms with Crippen molar-refractivity contribution in [3.63, 3.8) is 0 Å². The molecule has 0 aromatic heterocycles. The van der Waals surface area contributed by atoms with E-state index in [2.05, 4.69) is 9.05 Å². The molecule has 1 saturated heterocycles. The van der Waals surface area contributed by atoms with Crippen molar-refractivity contribution in [1.29, 1.82) is 0 Å². The zero-order chi connectivity index (χ0) is 10.8. The molecule has 1 aliphatic heterocycles. The molecule has 1 rings (SSSR count). The van der Waals surface area contributed by atoms with E-state index in [0.29, 0.717) is 0 Å². The van der Waals surface area contributed by atoms with Gasteiger partial charge in [0.15, 0.2) is 0 Å². The molecule has 4 N–H and O–H groups in total. The molecule has 4 atom stereocenters. The SMILES string of the molecule is COP(=O)(O)OCC1C[C@@H](O)C(N)O1. The molecule has 0 aliphatic carbocycles. The highest BCUT2D eigenvalue weighted by molar-refractivity contribution is 7.47. The van der Waals surface area contributed by atoms with E-state index in [1.54, 1.807) is 0 Å². The molecule has 0 saturated carbocycles. The molecule has 0 amide bonds. The van der Waals surface area contributed by atoms with Crippen molar-refractivity contribution in [1.82, 2.24) is 0 Å². The van der Waals surface area contributed by atoms with Crippen molar-refractivity contribution in [2.45, 2.75) is 24.9 Å². The van der Waals surface area contributed by atoms with Crippen molar-refractivity contribution in [2.75, 3.05) is 13.7 Å². The van der Waals surface area contributed by atoms with E-state index >= 15 is 0 Å². The molecule has 0 bridgehead atoms. The molecule has 7 nitrogen and oxygen atoms in total. The van der Waals surface area contributed by atoms with Crippen molar-refractivity contribution >= 4 is 7.82 Å². The normalized spacial score (nSPS) is 37.0. The predicted octanol–water partition coefficient (Wildman–Crippen LogP) is -0.816. The Hall–Kier alpha value is -0.0100. The third-order valence-electron chi connectivity index (χ3n) is 1.89. The minimum atomic E-state index is -3.97. The van der Waals surface area contributed by atoms with E-state index in [9.17, 15) is 9.67 Å². The van der Waals surface area contributed by atoms with Gasteiger partial charge in [0.25, 0.3) is 0 Å². The van der Waals surface area contributed by atoms with Crippen LogP contribution in [0.5, 0.6) is 0 Å². The Morgan fingerprint density at radius 3 is 2.79 bits per heavy atom. The van der Waals surface area contributed by atoms with Gasteiger partial charge in [-0.1, -0.05) is 0 Å². The Labute approximate surface area is 81.4 Å². The minimum absolute atomic E-state index is 0.133. The Bertz CT molecular complexity index is 226. The highest BCUT2D eigenvalue weighted by Gasteiger charge is 2.33. The first-order chi connectivity index (χ1) is 6.44. The smallest absolute Gasteiger partial charge is 0.389 e. The molecule has 0 aromatic rings. The summed E-state index contributed by atoms with van der Waals surface area (Å²) in [5.74, 6) is 0. The number of aliphatic hydroxyl groups is 1. The number of nitrogens with two attached hydrogens (primary N) is 1. The lowest BCUT2D eigenvalue weighted by atomic mass is 10.2. The summed E-state index contributed by atoms with van der Waals surface area (Å²) >= 11 is 0. The molecule has 8 heteroatoms. The molecule has 1 heterocycles. The second-order valence-corrected chi connectivity index (χ2v) is 4.53. The average Bonchev–Trinajstić information content (AvgIpc) is 2.44. The fourth-order valence-electron chi connectivity index (χ4n) is 1.11. The van der Waals surface area contributed by atoms with Crippen LogP contribution >= 0.6 is 7.82 Å². The van der Waals surface area contributed by atoms with Crippen LogP contribution in [0.4, 0.5) is 0 Å². The Balaban J connectivity index is 2.30. The maximum Gasteiger partial charge on any atom is 0.472 e. The summed E-state index contributed by atoms with van der Waals surface area (Å²) in [5, 5.41) is 9.19. The summed E-state index contributed by atoms with van der Waals surface area (Å²) in [6, 6.07) is 0. The van der Waals surface area contributed by atoms with Crippen LogP contribution in [0.15, 0.2) is 0 Å². The second kappa shape index (κ2) is 4.67. The topological polar surface area (TPSA) is 111 Å². The Morgan fingerprint density at radius 1 is 1.71 bits per heavy atom. The zero-order valence-corrected chi connectivity index (χ0v) is 8.59. The lowest BCUT2D eigenvalue weighted by Crippen LogP contribution is -2.30. The van der Waals surface area contributed by atoms with Crippen molar-refractivity contribution in [3.05, 3.63) is 0 Å². The lowest BCUT2D eigenvalue weighted by Gasteiger charge is -2.13. The molecule has 14 heavy (non-hydrogen) atoms. The van der Waals surface area contributed by atoms with Crippen molar-refractivity contribution < 1.29 is 28.3 Å². The van der Waals surface area contributed by atoms with Crippen molar-refractivity contribution in [3.8, 4) is 0 Å². The van der Waals surface area contributed by atoms with Gasteiger partial charge in [-0.3, -0.25) is 9.05 Å². The third kappa shape index (κ3) is 3.29. The van der Waals surface area contributed by atoms with Crippen LogP contribution in [-0.4, -0.2) is 42.2 Å². The van der Waals surface area contributed by atoms with E-state index in [1.165, 1.54) is 0 Å². The third-order valence-corrected chi connectivity index (χ3v) is 2.82. The number of rotatable bonds is 4. The summed E-state index contributed by atoms with van der Waals surface area (Å²) in [7, 11) is -2.90. The first kappa shape index (κ1) is 12.1. The molecule has 0 spiro atoms. The maximum atomic E-state index is 10.9. The van der Waals surface area contributed by atoms with Gasteiger partial charge in [0.05, 0.1) is 18.8 Å².